The fraction of sp³-hybridized carbons (Fsp3) is 0.818. The Morgan fingerprint density at radius 1 is 1.14 bits per heavy atom. The van der Waals surface area contributed by atoms with E-state index in [-0.39, 0.29) is 0 Å². The molecule has 1 aromatic heterocycles. The molecule has 3 heteroatoms. The first-order chi connectivity index (χ1) is 6.77. The lowest BCUT2D eigenvalue weighted by Crippen LogP contribution is -1.99. The van der Waals surface area contributed by atoms with Gasteiger partial charge in [0, 0.05) is 12.8 Å². The van der Waals surface area contributed by atoms with E-state index in [1.54, 1.807) is 0 Å². The van der Waals surface area contributed by atoms with Crippen molar-refractivity contribution in [1.29, 1.82) is 0 Å². The van der Waals surface area contributed by atoms with E-state index in [4.69, 9.17) is 4.42 Å². The van der Waals surface area contributed by atoms with Crippen LogP contribution in [0.15, 0.2) is 4.42 Å². The molecule has 0 bridgehead atoms. The maximum absolute atomic E-state index is 5.47. The van der Waals surface area contributed by atoms with Gasteiger partial charge in [0.1, 0.15) is 0 Å². The van der Waals surface area contributed by atoms with Crippen LogP contribution in [0.2, 0.25) is 0 Å². The number of aryl methyl sites for hydroxylation is 1. The van der Waals surface area contributed by atoms with Gasteiger partial charge in [-0.2, -0.15) is 0 Å². The van der Waals surface area contributed by atoms with Gasteiger partial charge in [0.05, 0.1) is 0 Å². The predicted octanol–water partition coefficient (Wildman–Crippen LogP) is 3.45. The molecule has 0 radical (unpaired) electrons. The van der Waals surface area contributed by atoms with Crippen LogP contribution in [0.1, 0.15) is 63.7 Å². The molecule has 1 rings (SSSR count). The molecule has 0 saturated carbocycles. The molecule has 1 atom stereocenters. The van der Waals surface area contributed by atoms with Crippen LogP contribution < -0.4 is 0 Å². The highest BCUT2D eigenvalue weighted by Crippen LogP contribution is 2.25. The Hall–Kier alpha value is -0.860. The highest BCUT2D eigenvalue weighted by atomic mass is 16.4. The lowest BCUT2D eigenvalue weighted by atomic mass is 9.97. The van der Waals surface area contributed by atoms with Crippen LogP contribution in [0, 0.1) is 6.92 Å². The van der Waals surface area contributed by atoms with Crippen LogP contribution >= 0.6 is 0 Å². The number of rotatable bonds is 6. The Morgan fingerprint density at radius 3 is 2.43 bits per heavy atom. The zero-order valence-corrected chi connectivity index (χ0v) is 9.42. The van der Waals surface area contributed by atoms with Crippen molar-refractivity contribution >= 4 is 0 Å². The number of nitrogens with zero attached hydrogens (tertiary/aromatic N) is 2. The molecule has 0 N–H and O–H groups in total. The van der Waals surface area contributed by atoms with Crippen LogP contribution in [-0.4, -0.2) is 10.2 Å². The standard InChI is InChI=1S/C11H20N2O/c1-4-6-8-10(7-5-2)11-13-12-9(3)14-11/h10H,4-8H2,1-3H3. The summed E-state index contributed by atoms with van der Waals surface area (Å²) in [5.74, 6) is 1.98. The zero-order valence-electron chi connectivity index (χ0n) is 9.42. The average Bonchev–Trinajstić information content (AvgIpc) is 2.59. The van der Waals surface area contributed by atoms with Gasteiger partial charge in [-0.25, -0.2) is 0 Å². The number of hydrogen-bond acceptors (Lipinski definition) is 3. The maximum atomic E-state index is 5.47. The van der Waals surface area contributed by atoms with Crippen molar-refractivity contribution in [2.24, 2.45) is 0 Å². The van der Waals surface area contributed by atoms with Crippen molar-refractivity contribution in [2.75, 3.05) is 0 Å². The van der Waals surface area contributed by atoms with Gasteiger partial charge in [-0.15, -0.1) is 10.2 Å². The lowest BCUT2D eigenvalue weighted by molar-refractivity contribution is 0.393. The summed E-state index contributed by atoms with van der Waals surface area (Å²) < 4.78 is 5.47. The van der Waals surface area contributed by atoms with Crippen molar-refractivity contribution in [3.8, 4) is 0 Å². The van der Waals surface area contributed by atoms with Gasteiger partial charge < -0.3 is 4.42 Å². The largest absolute Gasteiger partial charge is 0.425 e. The highest BCUT2D eigenvalue weighted by molar-refractivity contribution is 4.90. The SMILES string of the molecule is CCCCC(CCC)c1nnc(C)o1. The molecule has 14 heavy (non-hydrogen) atoms. The van der Waals surface area contributed by atoms with Crippen molar-refractivity contribution in [1.82, 2.24) is 10.2 Å². The molecule has 0 aliphatic carbocycles. The fourth-order valence-corrected chi connectivity index (χ4v) is 1.67. The first kappa shape index (κ1) is 11.2. The van der Waals surface area contributed by atoms with Crippen LogP contribution in [0.4, 0.5) is 0 Å². The van der Waals surface area contributed by atoms with E-state index in [1.807, 2.05) is 6.92 Å². The minimum Gasteiger partial charge on any atom is -0.425 e. The average molecular weight is 196 g/mol. The van der Waals surface area contributed by atoms with Crippen LogP contribution in [0.25, 0.3) is 0 Å². The topological polar surface area (TPSA) is 38.9 Å². The molecule has 3 nitrogen and oxygen atoms in total. The van der Waals surface area contributed by atoms with Gasteiger partial charge in [0.15, 0.2) is 0 Å². The quantitative estimate of drug-likeness (QED) is 0.699. The third-order valence-electron chi connectivity index (χ3n) is 2.43. The summed E-state index contributed by atoms with van der Waals surface area (Å²) in [5.41, 5.74) is 0. The van der Waals surface area contributed by atoms with E-state index in [9.17, 15) is 0 Å². The normalized spacial score (nSPS) is 13.1. The second-order valence-electron chi connectivity index (χ2n) is 3.79. The molecule has 1 unspecified atom stereocenters. The minimum absolute atomic E-state index is 0.473. The van der Waals surface area contributed by atoms with E-state index >= 15 is 0 Å². The third-order valence-corrected chi connectivity index (χ3v) is 2.43. The van der Waals surface area contributed by atoms with Crippen LogP contribution in [-0.2, 0) is 0 Å². The number of unbranched alkanes of at least 4 members (excludes halogenated alkanes) is 1. The third kappa shape index (κ3) is 3.13. The van der Waals surface area contributed by atoms with Crippen LogP contribution in [0.5, 0.6) is 0 Å². The van der Waals surface area contributed by atoms with Gasteiger partial charge in [-0.05, 0) is 12.8 Å². The summed E-state index contributed by atoms with van der Waals surface area (Å²) in [7, 11) is 0. The summed E-state index contributed by atoms with van der Waals surface area (Å²) >= 11 is 0. The van der Waals surface area contributed by atoms with Crippen molar-refractivity contribution in [2.45, 2.75) is 58.8 Å². The first-order valence-electron chi connectivity index (χ1n) is 5.57. The first-order valence-corrected chi connectivity index (χ1v) is 5.57. The molecule has 0 saturated heterocycles. The van der Waals surface area contributed by atoms with Gasteiger partial charge in [0.25, 0.3) is 0 Å². The molecule has 0 fully saturated rings. The molecule has 0 aromatic carbocycles. The molecular weight excluding hydrogens is 176 g/mol. The summed E-state index contributed by atoms with van der Waals surface area (Å²) in [6, 6.07) is 0. The number of aromatic nitrogens is 2. The Kier molecular flexibility index (Phi) is 4.63. The Balaban J connectivity index is 2.57. The summed E-state index contributed by atoms with van der Waals surface area (Å²) in [6.07, 6.45) is 5.98. The van der Waals surface area contributed by atoms with E-state index in [2.05, 4.69) is 24.0 Å². The van der Waals surface area contributed by atoms with Gasteiger partial charge >= 0.3 is 0 Å². The molecule has 80 valence electrons. The van der Waals surface area contributed by atoms with E-state index in [1.165, 1.54) is 25.7 Å². The molecule has 1 heterocycles. The second kappa shape index (κ2) is 5.78. The zero-order chi connectivity index (χ0) is 10.4. The summed E-state index contributed by atoms with van der Waals surface area (Å²) in [5, 5.41) is 7.98. The predicted molar refractivity (Wildman–Crippen MR) is 56.2 cm³/mol. The molecule has 1 aromatic rings. The maximum Gasteiger partial charge on any atom is 0.219 e. The smallest absolute Gasteiger partial charge is 0.219 e. The molecule has 0 amide bonds. The Bertz CT molecular complexity index is 258. The molecule has 0 aliphatic rings. The second-order valence-corrected chi connectivity index (χ2v) is 3.79. The van der Waals surface area contributed by atoms with Crippen molar-refractivity contribution in [3.05, 3.63) is 11.8 Å². The Labute approximate surface area is 85.9 Å². The lowest BCUT2D eigenvalue weighted by Gasteiger charge is -2.10. The van der Waals surface area contributed by atoms with Crippen molar-refractivity contribution in [3.63, 3.8) is 0 Å². The molecule has 0 spiro atoms. The summed E-state index contributed by atoms with van der Waals surface area (Å²) in [6.45, 7) is 6.25. The minimum atomic E-state index is 0.473. The fourth-order valence-electron chi connectivity index (χ4n) is 1.67. The van der Waals surface area contributed by atoms with Gasteiger partial charge in [-0.3, -0.25) is 0 Å². The highest BCUT2D eigenvalue weighted by Gasteiger charge is 2.16. The van der Waals surface area contributed by atoms with E-state index < -0.39 is 0 Å². The molecular formula is C11H20N2O. The van der Waals surface area contributed by atoms with Crippen molar-refractivity contribution < 1.29 is 4.42 Å². The number of hydrogen-bond donors (Lipinski definition) is 0. The van der Waals surface area contributed by atoms with Crippen LogP contribution in [0.3, 0.4) is 0 Å². The van der Waals surface area contributed by atoms with E-state index in [0.717, 1.165) is 12.3 Å². The molecule has 0 aliphatic heterocycles. The van der Waals surface area contributed by atoms with Gasteiger partial charge in [-0.1, -0.05) is 33.1 Å². The Morgan fingerprint density at radius 2 is 1.93 bits per heavy atom. The monoisotopic (exact) mass is 196 g/mol. The van der Waals surface area contributed by atoms with Gasteiger partial charge in [0.2, 0.25) is 11.8 Å². The van der Waals surface area contributed by atoms with E-state index in [0.29, 0.717) is 11.8 Å². The summed E-state index contributed by atoms with van der Waals surface area (Å²) in [4.78, 5) is 0.